The van der Waals surface area contributed by atoms with Gasteiger partial charge in [0.15, 0.2) is 11.6 Å². The van der Waals surface area contributed by atoms with Crippen LogP contribution in [0.2, 0.25) is 0 Å². The Hall–Kier alpha value is -3.78. The van der Waals surface area contributed by atoms with Crippen LogP contribution in [0.3, 0.4) is 0 Å². The van der Waals surface area contributed by atoms with E-state index >= 15 is 0 Å². The molecule has 168 valence electrons. The van der Waals surface area contributed by atoms with Crippen LogP contribution in [0, 0.1) is 0 Å². The molecule has 1 saturated heterocycles. The number of imidazole rings is 1. The molecule has 1 aromatic carbocycles. The number of nitrogens with zero attached hydrogens (tertiary/aromatic N) is 4. The molecule has 1 N–H and O–H groups in total. The molecule has 8 heteroatoms. The van der Waals surface area contributed by atoms with Crippen molar-refractivity contribution in [2.24, 2.45) is 0 Å². The third-order valence-corrected chi connectivity index (χ3v) is 5.89. The topological polar surface area (TPSA) is 93.2 Å². The lowest BCUT2D eigenvalue weighted by molar-refractivity contribution is -0.129. The summed E-state index contributed by atoms with van der Waals surface area (Å²) in [7, 11) is 1.63. The first-order valence-electron chi connectivity index (χ1n) is 11.0. The molecule has 4 aromatic rings. The number of nitrogens with one attached hydrogen (secondary N) is 1. The molecule has 4 heterocycles. The van der Waals surface area contributed by atoms with Gasteiger partial charge in [0.05, 0.1) is 23.7 Å². The largest absolute Gasteiger partial charge is 0.455 e. The molecule has 5 rings (SSSR count). The smallest absolute Gasteiger partial charge is 0.219 e. The Morgan fingerprint density at radius 1 is 1.15 bits per heavy atom. The quantitative estimate of drug-likeness (QED) is 0.467. The van der Waals surface area contributed by atoms with E-state index in [4.69, 9.17) is 14.5 Å². The number of pyridine rings is 2. The van der Waals surface area contributed by atoms with Gasteiger partial charge in [-0.2, -0.15) is 0 Å². The van der Waals surface area contributed by atoms with Crippen molar-refractivity contribution >= 4 is 16.9 Å². The summed E-state index contributed by atoms with van der Waals surface area (Å²) in [6.07, 6.45) is 5.28. The molecule has 0 aliphatic carbocycles. The number of methoxy groups -OCH3 is 1. The monoisotopic (exact) mass is 443 g/mol. The summed E-state index contributed by atoms with van der Waals surface area (Å²) in [6, 6.07) is 13.3. The Morgan fingerprint density at radius 2 is 2.03 bits per heavy atom. The number of rotatable bonds is 6. The average molecular weight is 444 g/mol. The maximum absolute atomic E-state index is 12.3. The summed E-state index contributed by atoms with van der Waals surface area (Å²) in [5, 5.41) is 0. The lowest BCUT2D eigenvalue weighted by Crippen LogP contribution is -2.28. The van der Waals surface area contributed by atoms with Gasteiger partial charge in [0.25, 0.3) is 0 Å². The van der Waals surface area contributed by atoms with Crippen LogP contribution >= 0.6 is 0 Å². The van der Waals surface area contributed by atoms with E-state index < -0.39 is 0 Å². The van der Waals surface area contributed by atoms with E-state index in [1.54, 1.807) is 26.4 Å². The maximum atomic E-state index is 12.3. The van der Waals surface area contributed by atoms with E-state index in [9.17, 15) is 4.79 Å². The molecule has 1 amide bonds. The highest BCUT2D eigenvalue weighted by atomic mass is 16.5. The van der Waals surface area contributed by atoms with Crippen molar-refractivity contribution in [3.63, 3.8) is 0 Å². The first-order chi connectivity index (χ1) is 16.1. The number of fused-ring (bicyclic) bond motifs is 1. The van der Waals surface area contributed by atoms with Gasteiger partial charge in [-0.15, -0.1) is 0 Å². The number of H-pyrrole nitrogens is 1. The minimum atomic E-state index is -0.0638. The summed E-state index contributed by atoms with van der Waals surface area (Å²) >= 11 is 0. The lowest BCUT2D eigenvalue weighted by atomic mass is 10.0. The molecular formula is C25H25N5O3. The number of ether oxygens (including phenoxy) is 2. The molecule has 0 bridgehead atoms. The molecule has 1 aliphatic heterocycles. The Morgan fingerprint density at radius 3 is 2.82 bits per heavy atom. The number of likely N-dealkylation sites (tertiary alicyclic amines) is 1. The van der Waals surface area contributed by atoms with Crippen LogP contribution < -0.4 is 4.74 Å². The molecule has 8 nitrogen and oxygen atoms in total. The van der Waals surface area contributed by atoms with Crippen molar-refractivity contribution in [3.05, 3.63) is 66.1 Å². The molecule has 1 fully saturated rings. The molecule has 1 unspecified atom stereocenters. The first-order valence-corrected chi connectivity index (χ1v) is 11.0. The standard InChI is InChI=1S/C25H25N5O3/c1-16(31)30-12-6-8-22(30)17-13-19-20(29-25(28-19)18-7-3-4-10-26-18)14-24(17)33-23-9-5-11-27-21(23)15-32-2/h3-5,7,9-11,13-14,22H,6,8,12,15H2,1-2H3,(H,28,29). The van der Waals surface area contributed by atoms with Crippen LogP contribution in [0.1, 0.15) is 37.1 Å². The summed E-state index contributed by atoms with van der Waals surface area (Å²) in [6.45, 7) is 2.69. The van der Waals surface area contributed by atoms with Gasteiger partial charge in [-0.05, 0) is 43.2 Å². The zero-order valence-electron chi connectivity index (χ0n) is 18.6. The fourth-order valence-electron chi connectivity index (χ4n) is 4.37. The van der Waals surface area contributed by atoms with E-state index in [1.165, 1.54) is 0 Å². The van der Waals surface area contributed by atoms with Gasteiger partial charge < -0.3 is 19.4 Å². The number of aromatic nitrogens is 4. The van der Waals surface area contributed by atoms with E-state index in [-0.39, 0.29) is 11.9 Å². The van der Waals surface area contributed by atoms with Crippen LogP contribution in [-0.4, -0.2) is 44.4 Å². The molecule has 3 aromatic heterocycles. The van der Waals surface area contributed by atoms with E-state index in [0.717, 1.165) is 41.7 Å². The van der Waals surface area contributed by atoms with Gasteiger partial charge in [0.1, 0.15) is 17.1 Å². The van der Waals surface area contributed by atoms with Crippen LogP contribution in [0.25, 0.3) is 22.6 Å². The van der Waals surface area contributed by atoms with Crippen molar-refractivity contribution in [1.82, 2.24) is 24.8 Å². The van der Waals surface area contributed by atoms with Gasteiger partial charge >= 0.3 is 0 Å². The minimum absolute atomic E-state index is 0.0591. The zero-order valence-corrected chi connectivity index (χ0v) is 18.6. The van der Waals surface area contributed by atoms with Gasteiger partial charge in [0, 0.05) is 44.6 Å². The number of carbonyl (C=O) groups is 1. The summed E-state index contributed by atoms with van der Waals surface area (Å²) < 4.78 is 11.7. The Kier molecular flexibility index (Phi) is 5.75. The molecule has 0 saturated carbocycles. The molecule has 33 heavy (non-hydrogen) atoms. The fraction of sp³-hybridized carbons (Fsp3) is 0.280. The highest BCUT2D eigenvalue weighted by molar-refractivity contribution is 5.82. The fourth-order valence-corrected chi connectivity index (χ4v) is 4.37. The maximum Gasteiger partial charge on any atom is 0.219 e. The van der Waals surface area contributed by atoms with Gasteiger partial charge in [-0.3, -0.25) is 14.8 Å². The first kappa shape index (κ1) is 21.1. The number of hydrogen-bond donors (Lipinski definition) is 1. The summed E-state index contributed by atoms with van der Waals surface area (Å²) in [4.78, 5) is 31.2. The highest BCUT2D eigenvalue weighted by Gasteiger charge is 2.31. The number of benzene rings is 1. The lowest BCUT2D eigenvalue weighted by Gasteiger charge is -2.25. The normalized spacial score (nSPS) is 15.8. The second-order valence-corrected chi connectivity index (χ2v) is 8.06. The Bertz CT molecular complexity index is 1290. The number of amides is 1. The molecule has 1 atom stereocenters. The van der Waals surface area contributed by atoms with Gasteiger partial charge in [-0.25, -0.2) is 4.98 Å². The number of hydrogen-bond acceptors (Lipinski definition) is 6. The second kappa shape index (κ2) is 8.99. The van der Waals surface area contributed by atoms with Crippen LogP contribution in [-0.2, 0) is 16.1 Å². The molecule has 0 radical (unpaired) electrons. The number of aromatic amines is 1. The van der Waals surface area contributed by atoms with Gasteiger partial charge in [0.2, 0.25) is 5.91 Å². The van der Waals surface area contributed by atoms with Crippen molar-refractivity contribution < 1.29 is 14.3 Å². The van der Waals surface area contributed by atoms with Gasteiger partial charge in [-0.1, -0.05) is 6.07 Å². The van der Waals surface area contributed by atoms with E-state index in [0.29, 0.717) is 29.6 Å². The predicted molar refractivity (Wildman–Crippen MR) is 124 cm³/mol. The number of carbonyl (C=O) groups excluding carboxylic acids is 1. The molecule has 1 aliphatic rings. The molecular weight excluding hydrogens is 418 g/mol. The van der Waals surface area contributed by atoms with Crippen molar-refractivity contribution in [2.45, 2.75) is 32.4 Å². The second-order valence-electron chi connectivity index (χ2n) is 8.06. The van der Waals surface area contributed by atoms with Crippen LogP contribution in [0.4, 0.5) is 0 Å². The van der Waals surface area contributed by atoms with E-state index in [1.807, 2.05) is 47.4 Å². The van der Waals surface area contributed by atoms with Crippen molar-refractivity contribution in [2.75, 3.05) is 13.7 Å². The predicted octanol–water partition coefficient (Wildman–Crippen LogP) is 4.64. The molecule has 0 spiro atoms. The van der Waals surface area contributed by atoms with Crippen LogP contribution in [0.5, 0.6) is 11.5 Å². The Labute approximate surface area is 191 Å². The highest BCUT2D eigenvalue weighted by Crippen LogP contribution is 2.41. The average Bonchev–Trinajstić information content (AvgIpc) is 3.48. The third kappa shape index (κ3) is 4.17. The van der Waals surface area contributed by atoms with Crippen molar-refractivity contribution in [3.8, 4) is 23.0 Å². The summed E-state index contributed by atoms with van der Waals surface area (Å²) in [5.74, 6) is 2.02. The zero-order chi connectivity index (χ0) is 22.8. The SMILES string of the molecule is COCc1ncccc1Oc1cc2nc(-c3ccccn3)[nH]c2cc1C1CCCN1C(C)=O. The summed E-state index contributed by atoms with van der Waals surface area (Å²) in [5.41, 5.74) is 4.05. The van der Waals surface area contributed by atoms with Crippen molar-refractivity contribution in [1.29, 1.82) is 0 Å². The third-order valence-electron chi connectivity index (χ3n) is 5.89. The minimum Gasteiger partial charge on any atom is -0.455 e. The van der Waals surface area contributed by atoms with E-state index in [2.05, 4.69) is 15.0 Å². The van der Waals surface area contributed by atoms with Crippen LogP contribution in [0.15, 0.2) is 54.9 Å². The Balaban J connectivity index is 1.63.